The van der Waals surface area contributed by atoms with Crippen LogP contribution in [-0.2, 0) is 7.05 Å². The van der Waals surface area contributed by atoms with Crippen molar-refractivity contribution >= 4 is 22.8 Å². The number of aromatic nitrogens is 3. The molecule has 8 heteroatoms. The highest BCUT2D eigenvalue weighted by Gasteiger charge is 2.25. The fourth-order valence-electron chi connectivity index (χ4n) is 5.79. The fourth-order valence-corrected chi connectivity index (χ4v) is 5.79. The summed E-state index contributed by atoms with van der Waals surface area (Å²) in [6.07, 6.45) is 11.1. The van der Waals surface area contributed by atoms with Crippen molar-refractivity contribution in [3.05, 3.63) is 17.8 Å². The molecule has 0 bridgehead atoms. The van der Waals surface area contributed by atoms with E-state index in [1.165, 1.54) is 64.6 Å². The number of amides is 1. The van der Waals surface area contributed by atoms with Gasteiger partial charge in [-0.2, -0.15) is 5.10 Å². The summed E-state index contributed by atoms with van der Waals surface area (Å²) >= 11 is 0. The van der Waals surface area contributed by atoms with Crippen LogP contribution in [0.1, 0.15) is 68.3 Å². The first-order valence-corrected chi connectivity index (χ1v) is 13.5. The summed E-state index contributed by atoms with van der Waals surface area (Å²) in [5.74, 6) is 0.933. The van der Waals surface area contributed by atoms with Crippen molar-refractivity contribution in [1.29, 1.82) is 0 Å². The summed E-state index contributed by atoms with van der Waals surface area (Å²) in [5, 5.41) is 8.67. The van der Waals surface area contributed by atoms with Gasteiger partial charge in [0.1, 0.15) is 5.82 Å². The van der Waals surface area contributed by atoms with Gasteiger partial charge in [0, 0.05) is 52.4 Å². The number of carbonyl (C=O) groups is 1. The summed E-state index contributed by atoms with van der Waals surface area (Å²) in [6, 6.07) is 4.32. The maximum absolute atomic E-state index is 13.1. The lowest BCUT2D eigenvalue weighted by molar-refractivity contribution is 0.0901. The molecule has 186 valence electrons. The number of piperidine rings is 2. The molecule has 0 unspecified atom stereocenters. The van der Waals surface area contributed by atoms with E-state index < -0.39 is 0 Å². The zero-order valence-electron chi connectivity index (χ0n) is 20.8. The zero-order valence-corrected chi connectivity index (χ0v) is 20.8. The average Bonchev–Trinajstić information content (AvgIpc) is 3.03. The topological polar surface area (TPSA) is 69.5 Å². The molecule has 2 aromatic heterocycles. The van der Waals surface area contributed by atoms with Gasteiger partial charge in [0.2, 0.25) is 0 Å². The van der Waals surface area contributed by atoms with Gasteiger partial charge in [-0.25, -0.2) is 9.67 Å². The van der Waals surface area contributed by atoms with Gasteiger partial charge in [0.05, 0.1) is 5.39 Å². The first-order chi connectivity index (χ1) is 16.7. The van der Waals surface area contributed by atoms with Crippen molar-refractivity contribution in [3.8, 4) is 0 Å². The second-order valence-electron chi connectivity index (χ2n) is 10.4. The molecule has 5 heterocycles. The molecule has 3 aliphatic rings. The van der Waals surface area contributed by atoms with Crippen LogP contribution in [0.3, 0.4) is 0 Å². The molecule has 3 saturated heterocycles. The Labute approximate surface area is 203 Å². The first kappa shape index (κ1) is 23.5. The number of carbonyl (C=O) groups excluding carboxylic acids is 1. The molecule has 0 spiro atoms. The average molecular weight is 468 g/mol. The third-order valence-corrected chi connectivity index (χ3v) is 7.92. The molecule has 1 amide bonds. The van der Waals surface area contributed by atoms with Crippen molar-refractivity contribution in [1.82, 2.24) is 29.9 Å². The number of nitrogens with one attached hydrogen (secondary N) is 1. The van der Waals surface area contributed by atoms with Crippen LogP contribution in [0.5, 0.6) is 0 Å². The first-order valence-electron chi connectivity index (χ1n) is 13.5. The number of pyridine rings is 1. The fraction of sp³-hybridized carbons (Fsp3) is 0.731. The Hall–Kier alpha value is -2.19. The smallest absolute Gasteiger partial charge is 0.272 e. The van der Waals surface area contributed by atoms with Gasteiger partial charge in [0.25, 0.3) is 5.91 Å². The maximum atomic E-state index is 13.1. The Morgan fingerprint density at radius 1 is 0.882 bits per heavy atom. The molecule has 1 N–H and O–H groups in total. The number of anilines is 1. The molecule has 3 aliphatic heterocycles. The number of aryl methyl sites for hydroxylation is 1. The lowest BCUT2D eigenvalue weighted by Gasteiger charge is -2.34. The Morgan fingerprint density at radius 3 is 2.21 bits per heavy atom. The van der Waals surface area contributed by atoms with Crippen LogP contribution in [0.15, 0.2) is 12.1 Å². The lowest BCUT2D eigenvalue weighted by atomic mass is 10.0. The Morgan fingerprint density at radius 2 is 1.50 bits per heavy atom. The predicted octanol–water partition coefficient (Wildman–Crippen LogP) is 3.03. The second kappa shape index (κ2) is 11.0. The van der Waals surface area contributed by atoms with Crippen molar-refractivity contribution in [2.45, 2.75) is 63.8 Å². The van der Waals surface area contributed by atoms with Crippen LogP contribution in [0, 0.1) is 0 Å². The number of hydrogen-bond acceptors (Lipinski definition) is 6. The second-order valence-corrected chi connectivity index (χ2v) is 10.4. The molecule has 0 aromatic carbocycles. The van der Waals surface area contributed by atoms with Crippen LogP contribution in [0.4, 0.5) is 5.82 Å². The zero-order chi connectivity index (χ0) is 23.3. The highest BCUT2D eigenvalue weighted by molar-refractivity contribution is 6.04. The highest BCUT2D eigenvalue weighted by atomic mass is 16.2. The van der Waals surface area contributed by atoms with Gasteiger partial charge in [-0.15, -0.1) is 0 Å². The summed E-state index contributed by atoms with van der Waals surface area (Å²) in [6.45, 7) is 9.09. The molecule has 0 atom stereocenters. The molecule has 0 saturated carbocycles. The van der Waals surface area contributed by atoms with E-state index >= 15 is 0 Å². The number of fused-ring (bicyclic) bond motifs is 1. The van der Waals surface area contributed by atoms with Crippen LogP contribution >= 0.6 is 0 Å². The van der Waals surface area contributed by atoms with Gasteiger partial charge >= 0.3 is 0 Å². The van der Waals surface area contributed by atoms with Crippen LogP contribution in [0.2, 0.25) is 0 Å². The van der Waals surface area contributed by atoms with Crippen molar-refractivity contribution in [2.75, 3.05) is 57.3 Å². The van der Waals surface area contributed by atoms with Crippen LogP contribution in [-0.4, -0.2) is 88.9 Å². The van der Waals surface area contributed by atoms with Gasteiger partial charge in [-0.1, -0.05) is 19.3 Å². The number of likely N-dealkylation sites (tertiary alicyclic amines) is 2. The largest absolute Gasteiger partial charge is 0.357 e. The Bertz CT molecular complexity index is 951. The van der Waals surface area contributed by atoms with E-state index in [0.717, 1.165) is 62.4 Å². The Balaban J connectivity index is 1.16. The SMILES string of the molecule is Cn1nc(C(=O)NC2CCN(CCN3CCCCC3)CC2)c2ccc(N3CCCCCC3)nc21. The van der Waals surface area contributed by atoms with E-state index in [-0.39, 0.29) is 11.9 Å². The number of rotatable bonds is 6. The molecule has 2 aromatic rings. The quantitative estimate of drug-likeness (QED) is 0.704. The summed E-state index contributed by atoms with van der Waals surface area (Å²) in [4.78, 5) is 25.6. The van der Waals surface area contributed by atoms with E-state index in [0.29, 0.717) is 5.69 Å². The predicted molar refractivity (Wildman–Crippen MR) is 136 cm³/mol. The number of hydrogen-bond donors (Lipinski definition) is 1. The molecule has 34 heavy (non-hydrogen) atoms. The van der Waals surface area contributed by atoms with Gasteiger partial charge in [-0.3, -0.25) is 4.79 Å². The van der Waals surface area contributed by atoms with E-state index in [1.807, 2.05) is 13.1 Å². The Kier molecular flexibility index (Phi) is 7.64. The van der Waals surface area contributed by atoms with Gasteiger partial charge in [-0.05, 0) is 63.7 Å². The summed E-state index contributed by atoms with van der Waals surface area (Å²) in [7, 11) is 1.89. The maximum Gasteiger partial charge on any atom is 0.272 e. The molecule has 8 nitrogen and oxygen atoms in total. The van der Waals surface area contributed by atoms with E-state index in [4.69, 9.17) is 4.98 Å². The molecule has 5 rings (SSSR count). The molecular formula is C26H41N7O. The molecule has 0 radical (unpaired) electrons. The lowest BCUT2D eigenvalue weighted by Crippen LogP contribution is -2.47. The van der Waals surface area contributed by atoms with Gasteiger partial charge in [0.15, 0.2) is 11.3 Å². The van der Waals surface area contributed by atoms with Crippen molar-refractivity contribution in [3.63, 3.8) is 0 Å². The van der Waals surface area contributed by atoms with E-state index in [9.17, 15) is 4.79 Å². The number of nitrogens with zero attached hydrogens (tertiary/aromatic N) is 6. The normalized spacial score (nSPS) is 21.6. The van der Waals surface area contributed by atoms with Gasteiger partial charge < -0.3 is 20.0 Å². The molecular weight excluding hydrogens is 426 g/mol. The minimum Gasteiger partial charge on any atom is -0.357 e. The summed E-state index contributed by atoms with van der Waals surface area (Å²) < 4.78 is 1.76. The minimum absolute atomic E-state index is 0.0679. The molecule has 3 fully saturated rings. The standard InChI is InChI=1S/C26H41N7O/c1-30-25-22(9-10-23(28-25)33-15-7-2-3-8-16-33)24(29-30)26(34)27-21-11-17-32(18-12-21)20-19-31-13-5-4-6-14-31/h9-10,21H,2-8,11-20H2,1H3,(H,27,34). The van der Waals surface area contributed by atoms with E-state index in [2.05, 4.69) is 31.2 Å². The van der Waals surface area contributed by atoms with Crippen molar-refractivity contribution in [2.24, 2.45) is 7.05 Å². The van der Waals surface area contributed by atoms with Crippen LogP contribution in [0.25, 0.3) is 11.0 Å². The van der Waals surface area contributed by atoms with E-state index in [1.54, 1.807) is 4.68 Å². The van der Waals surface area contributed by atoms with Crippen LogP contribution < -0.4 is 10.2 Å². The molecule has 0 aliphatic carbocycles. The minimum atomic E-state index is -0.0679. The monoisotopic (exact) mass is 467 g/mol. The summed E-state index contributed by atoms with van der Waals surface area (Å²) in [5.41, 5.74) is 1.29. The van der Waals surface area contributed by atoms with Crippen molar-refractivity contribution < 1.29 is 4.79 Å². The third-order valence-electron chi connectivity index (χ3n) is 7.92. The highest BCUT2D eigenvalue weighted by Crippen LogP contribution is 2.23. The third kappa shape index (κ3) is 5.54.